The minimum absolute atomic E-state index is 0.143. The average molecular weight is 311 g/mol. The van der Waals surface area contributed by atoms with E-state index in [2.05, 4.69) is 5.32 Å². The Balaban J connectivity index is 2.09. The van der Waals surface area contributed by atoms with Crippen molar-refractivity contribution >= 4 is 23.4 Å². The molecule has 0 aromatic heterocycles. The molecule has 1 aliphatic heterocycles. The zero-order valence-corrected chi connectivity index (χ0v) is 13.1. The van der Waals surface area contributed by atoms with E-state index in [1.54, 1.807) is 26.0 Å². The molecule has 1 aliphatic rings. The highest BCUT2D eigenvalue weighted by Crippen LogP contribution is 2.26. The summed E-state index contributed by atoms with van der Waals surface area (Å²) in [4.78, 5) is 25.6. The largest absolute Gasteiger partial charge is 0.479 e. The molecule has 1 fully saturated rings. The molecule has 2 amide bonds. The van der Waals surface area contributed by atoms with Crippen LogP contribution in [-0.4, -0.2) is 41.9 Å². The molecular formula is C15H19ClN2O3. The van der Waals surface area contributed by atoms with E-state index in [1.165, 1.54) is 4.90 Å². The zero-order chi connectivity index (χ0) is 15.6. The van der Waals surface area contributed by atoms with Crippen LogP contribution in [0.25, 0.3) is 0 Å². The van der Waals surface area contributed by atoms with Gasteiger partial charge in [-0.25, -0.2) is 0 Å². The van der Waals surface area contributed by atoms with Crippen molar-refractivity contribution in [2.24, 2.45) is 0 Å². The lowest BCUT2D eigenvalue weighted by Crippen LogP contribution is -2.58. The fraction of sp³-hybridized carbons (Fsp3) is 0.467. The number of ether oxygens (including phenoxy) is 1. The van der Waals surface area contributed by atoms with Crippen molar-refractivity contribution in [1.82, 2.24) is 10.2 Å². The van der Waals surface area contributed by atoms with Gasteiger partial charge in [-0.15, -0.1) is 0 Å². The number of hydrogen-bond acceptors (Lipinski definition) is 3. The van der Waals surface area contributed by atoms with E-state index in [9.17, 15) is 9.59 Å². The highest BCUT2D eigenvalue weighted by atomic mass is 35.5. The van der Waals surface area contributed by atoms with Crippen LogP contribution in [0, 0.1) is 6.92 Å². The molecule has 21 heavy (non-hydrogen) atoms. The third kappa shape index (κ3) is 3.47. The van der Waals surface area contributed by atoms with Gasteiger partial charge in [-0.05, 0) is 38.5 Å². The Morgan fingerprint density at radius 2 is 2.24 bits per heavy atom. The van der Waals surface area contributed by atoms with Gasteiger partial charge in [0.05, 0.1) is 5.02 Å². The molecule has 0 unspecified atom stereocenters. The minimum atomic E-state index is -0.697. The van der Waals surface area contributed by atoms with Crippen LogP contribution < -0.4 is 10.1 Å². The molecule has 114 valence electrons. The number of aryl methyl sites for hydroxylation is 1. The Morgan fingerprint density at radius 3 is 2.95 bits per heavy atom. The van der Waals surface area contributed by atoms with Gasteiger partial charge in [0.15, 0.2) is 6.10 Å². The second kappa shape index (κ2) is 6.35. The van der Waals surface area contributed by atoms with Crippen LogP contribution in [0.1, 0.15) is 19.4 Å². The van der Waals surface area contributed by atoms with Crippen LogP contribution in [0.5, 0.6) is 5.75 Å². The number of rotatable bonds is 3. The number of amides is 2. The molecule has 0 aliphatic carbocycles. The second-order valence-corrected chi connectivity index (χ2v) is 5.60. The number of piperazine rings is 1. The SMILES string of the molecule is Cc1ccc(Cl)c(O[C@H](C)C(=O)N2CCNC(=O)[C@H]2C)c1. The van der Waals surface area contributed by atoms with Gasteiger partial charge in [-0.1, -0.05) is 17.7 Å². The summed E-state index contributed by atoms with van der Waals surface area (Å²) in [5.41, 5.74) is 1.000. The molecule has 1 N–H and O–H groups in total. The van der Waals surface area contributed by atoms with Crippen LogP contribution in [0.4, 0.5) is 0 Å². The summed E-state index contributed by atoms with van der Waals surface area (Å²) >= 11 is 6.07. The Hall–Kier alpha value is -1.75. The highest BCUT2D eigenvalue weighted by molar-refractivity contribution is 6.32. The van der Waals surface area contributed by atoms with Gasteiger partial charge in [-0.3, -0.25) is 9.59 Å². The lowest BCUT2D eigenvalue weighted by atomic mass is 10.2. The van der Waals surface area contributed by atoms with Gasteiger partial charge in [-0.2, -0.15) is 0 Å². The van der Waals surface area contributed by atoms with E-state index >= 15 is 0 Å². The van der Waals surface area contributed by atoms with Crippen molar-refractivity contribution in [3.8, 4) is 5.75 Å². The van der Waals surface area contributed by atoms with E-state index in [0.29, 0.717) is 23.9 Å². The fourth-order valence-electron chi connectivity index (χ4n) is 2.26. The van der Waals surface area contributed by atoms with Gasteiger partial charge in [0.25, 0.3) is 5.91 Å². The number of hydrogen-bond donors (Lipinski definition) is 1. The van der Waals surface area contributed by atoms with Gasteiger partial charge in [0, 0.05) is 13.1 Å². The maximum Gasteiger partial charge on any atom is 0.264 e. The van der Waals surface area contributed by atoms with Gasteiger partial charge in [0.1, 0.15) is 11.8 Å². The van der Waals surface area contributed by atoms with Crippen LogP contribution in [0.15, 0.2) is 18.2 Å². The predicted molar refractivity (Wildman–Crippen MR) is 80.5 cm³/mol. The summed E-state index contributed by atoms with van der Waals surface area (Å²) in [6.07, 6.45) is -0.697. The molecule has 5 nitrogen and oxygen atoms in total. The monoisotopic (exact) mass is 310 g/mol. The number of nitrogens with one attached hydrogen (secondary N) is 1. The lowest BCUT2D eigenvalue weighted by molar-refractivity contribution is -0.147. The van der Waals surface area contributed by atoms with Crippen LogP contribution in [0.3, 0.4) is 0 Å². The van der Waals surface area contributed by atoms with Crippen molar-refractivity contribution in [1.29, 1.82) is 0 Å². The molecular weight excluding hydrogens is 292 g/mol. The van der Waals surface area contributed by atoms with Gasteiger partial charge in [0.2, 0.25) is 5.91 Å². The third-order valence-electron chi connectivity index (χ3n) is 3.52. The van der Waals surface area contributed by atoms with Crippen molar-refractivity contribution in [2.75, 3.05) is 13.1 Å². The number of halogens is 1. The Bertz CT molecular complexity index is 562. The van der Waals surface area contributed by atoms with Crippen LogP contribution in [0.2, 0.25) is 5.02 Å². The minimum Gasteiger partial charge on any atom is -0.479 e. The first-order valence-corrected chi connectivity index (χ1v) is 7.29. The molecule has 6 heteroatoms. The summed E-state index contributed by atoms with van der Waals surface area (Å²) in [7, 11) is 0. The molecule has 1 aromatic carbocycles. The Labute approximate surface area is 129 Å². The van der Waals surface area contributed by atoms with Crippen LogP contribution >= 0.6 is 11.6 Å². The number of nitrogens with zero attached hydrogens (tertiary/aromatic N) is 1. The standard InChI is InChI=1S/C15H19ClN2O3/c1-9-4-5-12(16)13(8-9)21-11(3)15(20)18-7-6-17-14(19)10(18)2/h4-5,8,10-11H,6-7H2,1-3H3,(H,17,19)/t10-,11-/m1/s1. The molecule has 1 saturated heterocycles. The smallest absolute Gasteiger partial charge is 0.264 e. The fourth-order valence-corrected chi connectivity index (χ4v) is 2.42. The first kappa shape index (κ1) is 15.6. The Kier molecular flexibility index (Phi) is 4.73. The molecule has 1 heterocycles. The quantitative estimate of drug-likeness (QED) is 0.925. The molecule has 0 radical (unpaired) electrons. The summed E-state index contributed by atoms with van der Waals surface area (Å²) in [5, 5.41) is 3.19. The maximum atomic E-state index is 12.4. The highest BCUT2D eigenvalue weighted by Gasteiger charge is 2.32. The lowest BCUT2D eigenvalue weighted by Gasteiger charge is -2.34. The second-order valence-electron chi connectivity index (χ2n) is 5.19. The summed E-state index contributed by atoms with van der Waals surface area (Å²) < 4.78 is 5.67. The third-order valence-corrected chi connectivity index (χ3v) is 3.83. The molecule has 2 rings (SSSR count). The number of benzene rings is 1. The number of carbonyl (C=O) groups excluding carboxylic acids is 2. The van der Waals surface area contributed by atoms with Crippen molar-refractivity contribution in [2.45, 2.75) is 32.9 Å². The van der Waals surface area contributed by atoms with E-state index in [-0.39, 0.29) is 11.8 Å². The predicted octanol–water partition coefficient (Wildman–Crippen LogP) is 1.76. The van der Waals surface area contributed by atoms with Gasteiger partial charge >= 0.3 is 0 Å². The van der Waals surface area contributed by atoms with Crippen molar-refractivity contribution in [3.05, 3.63) is 28.8 Å². The number of carbonyl (C=O) groups is 2. The first-order chi connectivity index (χ1) is 9.90. The molecule has 2 atom stereocenters. The van der Waals surface area contributed by atoms with E-state index in [0.717, 1.165) is 5.56 Å². The van der Waals surface area contributed by atoms with E-state index < -0.39 is 12.1 Å². The average Bonchev–Trinajstić information content (AvgIpc) is 2.45. The van der Waals surface area contributed by atoms with Crippen molar-refractivity contribution in [3.63, 3.8) is 0 Å². The molecule has 0 bridgehead atoms. The van der Waals surface area contributed by atoms with Gasteiger partial charge < -0.3 is 15.0 Å². The summed E-state index contributed by atoms with van der Waals surface area (Å²) in [5.74, 6) is 0.122. The molecule has 0 spiro atoms. The maximum absolute atomic E-state index is 12.4. The van der Waals surface area contributed by atoms with E-state index in [4.69, 9.17) is 16.3 Å². The summed E-state index contributed by atoms with van der Waals surface area (Å²) in [6.45, 7) is 6.25. The zero-order valence-electron chi connectivity index (χ0n) is 12.4. The topological polar surface area (TPSA) is 58.6 Å². The summed E-state index contributed by atoms with van der Waals surface area (Å²) in [6, 6.07) is 4.92. The normalized spacial score (nSPS) is 19.9. The van der Waals surface area contributed by atoms with Crippen LogP contribution in [-0.2, 0) is 9.59 Å². The van der Waals surface area contributed by atoms with E-state index in [1.807, 2.05) is 13.0 Å². The molecule has 0 saturated carbocycles. The first-order valence-electron chi connectivity index (χ1n) is 6.91. The van der Waals surface area contributed by atoms with Crippen molar-refractivity contribution < 1.29 is 14.3 Å². The Morgan fingerprint density at radius 1 is 1.52 bits per heavy atom. The molecule has 1 aromatic rings.